The summed E-state index contributed by atoms with van der Waals surface area (Å²) >= 11 is 0. The van der Waals surface area contributed by atoms with Crippen molar-refractivity contribution < 1.29 is 19.4 Å². The van der Waals surface area contributed by atoms with Crippen LogP contribution in [0.4, 0.5) is 9.59 Å². The summed E-state index contributed by atoms with van der Waals surface area (Å²) in [6.45, 7) is 5.40. The molecule has 0 aromatic rings. The minimum absolute atomic E-state index is 0.0123. The van der Waals surface area contributed by atoms with Crippen LogP contribution in [0.5, 0.6) is 0 Å². The predicted molar refractivity (Wildman–Crippen MR) is 62.0 cm³/mol. The minimum Gasteiger partial charge on any atom is -0.465 e. The molecule has 1 rings (SSSR count). The Morgan fingerprint density at radius 2 is 1.71 bits per heavy atom. The van der Waals surface area contributed by atoms with Gasteiger partial charge in [-0.2, -0.15) is 0 Å². The number of hydrogen-bond acceptors (Lipinski definition) is 3. The van der Waals surface area contributed by atoms with E-state index < -0.39 is 17.8 Å². The van der Waals surface area contributed by atoms with Crippen molar-refractivity contribution in [3.8, 4) is 0 Å². The van der Waals surface area contributed by atoms with Gasteiger partial charge in [0, 0.05) is 12.1 Å². The summed E-state index contributed by atoms with van der Waals surface area (Å²) in [7, 11) is 0. The predicted octanol–water partition coefficient (Wildman–Crippen LogP) is 1.70. The summed E-state index contributed by atoms with van der Waals surface area (Å²) in [5, 5.41) is 13.7. The Hall–Kier alpha value is -1.46. The second-order valence-electron chi connectivity index (χ2n) is 5.30. The zero-order valence-electron chi connectivity index (χ0n) is 10.4. The van der Waals surface area contributed by atoms with E-state index in [1.54, 1.807) is 20.8 Å². The second kappa shape index (κ2) is 5.25. The molecule has 1 fully saturated rings. The maximum absolute atomic E-state index is 11.5. The van der Waals surface area contributed by atoms with E-state index in [0.717, 1.165) is 12.8 Å². The number of amides is 2. The Morgan fingerprint density at radius 3 is 2.18 bits per heavy atom. The summed E-state index contributed by atoms with van der Waals surface area (Å²) in [4.78, 5) is 21.9. The van der Waals surface area contributed by atoms with Crippen molar-refractivity contribution in [1.29, 1.82) is 0 Å². The number of alkyl carbamates (subject to hydrolysis) is 1. The number of rotatable bonds is 2. The fraction of sp³-hybridized carbons (Fsp3) is 0.818. The van der Waals surface area contributed by atoms with E-state index in [1.807, 2.05) is 0 Å². The third-order valence-corrected chi connectivity index (χ3v) is 2.48. The van der Waals surface area contributed by atoms with Gasteiger partial charge < -0.3 is 20.5 Å². The van der Waals surface area contributed by atoms with Crippen LogP contribution >= 0.6 is 0 Å². The van der Waals surface area contributed by atoms with Crippen LogP contribution in [0.15, 0.2) is 0 Å². The van der Waals surface area contributed by atoms with Gasteiger partial charge in [0.1, 0.15) is 5.60 Å². The van der Waals surface area contributed by atoms with E-state index in [9.17, 15) is 9.59 Å². The van der Waals surface area contributed by atoms with E-state index in [0.29, 0.717) is 6.42 Å². The first-order valence-corrected chi connectivity index (χ1v) is 5.75. The molecule has 0 radical (unpaired) electrons. The third-order valence-electron chi connectivity index (χ3n) is 2.48. The lowest BCUT2D eigenvalue weighted by molar-refractivity contribution is 0.0505. The van der Waals surface area contributed by atoms with Gasteiger partial charge in [-0.1, -0.05) is 0 Å². The van der Waals surface area contributed by atoms with Crippen LogP contribution in [0.3, 0.4) is 0 Å². The van der Waals surface area contributed by atoms with Crippen molar-refractivity contribution in [1.82, 2.24) is 10.6 Å². The van der Waals surface area contributed by atoms with Crippen LogP contribution < -0.4 is 10.6 Å². The van der Waals surface area contributed by atoms with Gasteiger partial charge in [-0.3, -0.25) is 0 Å². The molecule has 0 bridgehead atoms. The highest BCUT2D eigenvalue weighted by Crippen LogP contribution is 2.19. The van der Waals surface area contributed by atoms with Crippen LogP contribution in [0, 0.1) is 0 Å². The van der Waals surface area contributed by atoms with Gasteiger partial charge in [0.25, 0.3) is 0 Å². The lowest BCUT2D eigenvalue weighted by Crippen LogP contribution is -2.39. The van der Waals surface area contributed by atoms with Crippen molar-refractivity contribution in [3.63, 3.8) is 0 Å². The lowest BCUT2D eigenvalue weighted by atomic mass is 10.2. The number of hydrogen-bond donors (Lipinski definition) is 3. The highest BCUT2D eigenvalue weighted by molar-refractivity contribution is 5.68. The first-order chi connectivity index (χ1) is 7.76. The minimum atomic E-state index is -1.02. The summed E-state index contributed by atoms with van der Waals surface area (Å²) in [6.07, 6.45) is 0.661. The van der Waals surface area contributed by atoms with Gasteiger partial charge in [-0.15, -0.1) is 0 Å². The topological polar surface area (TPSA) is 87.7 Å². The maximum atomic E-state index is 11.5. The first-order valence-electron chi connectivity index (χ1n) is 5.75. The number of ether oxygens (including phenoxy) is 1. The van der Waals surface area contributed by atoms with Crippen molar-refractivity contribution in [2.24, 2.45) is 0 Å². The summed E-state index contributed by atoms with van der Waals surface area (Å²) in [6, 6.07) is -0.0888. The van der Waals surface area contributed by atoms with Gasteiger partial charge in [-0.25, -0.2) is 9.59 Å². The van der Waals surface area contributed by atoms with E-state index in [1.165, 1.54) is 0 Å². The van der Waals surface area contributed by atoms with Gasteiger partial charge in [0.2, 0.25) is 0 Å². The second-order valence-corrected chi connectivity index (χ2v) is 5.30. The monoisotopic (exact) mass is 244 g/mol. The molecule has 0 aromatic carbocycles. The number of carbonyl (C=O) groups excluding carboxylic acids is 1. The molecule has 6 nitrogen and oxygen atoms in total. The van der Waals surface area contributed by atoms with Crippen molar-refractivity contribution in [3.05, 3.63) is 0 Å². The molecule has 0 aromatic heterocycles. The zero-order valence-corrected chi connectivity index (χ0v) is 10.4. The van der Waals surface area contributed by atoms with Gasteiger partial charge in [0.15, 0.2) is 0 Å². The average molecular weight is 244 g/mol. The van der Waals surface area contributed by atoms with Crippen LogP contribution in [-0.2, 0) is 4.74 Å². The molecule has 1 saturated carbocycles. The Bertz CT molecular complexity index is 298. The Labute approximate surface area is 101 Å². The summed E-state index contributed by atoms with van der Waals surface area (Å²) in [5.41, 5.74) is -0.512. The molecule has 17 heavy (non-hydrogen) atoms. The van der Waals surface area contributed by atoms with Crippen molar-refractivity contribution in [2.75, 3.05) is 0 Å². The van der Waals surface area contributed by atoms with Gasteiger partial charge in [0.05, 0.1) is 0 Å². The quantitative estimate of drug-likeness (QED) is 0.690. The van der Waals surface area contributed by atoms with E-state index in [4.69, 9.17) is 9.84 Å². The van der Waals surface area contributed by atoms with Gasteiger partial charge >= 0.3 is 12.2 Å². The van der Waals surface area contributed by atoms with Crippen LogP contribution in [-0.4, -0.2) is 35.0 Å². The first kappa shape index (κ1) is 13.6. The normalized spacial score (nSPS) is 24.2. The van der Waals surface area contributed by atoms with Crippen LogP contribution in [0.1, 0.15) is 40.0 Å². The molecule has 2 amide bonds. The smallest absolute Gasteiger partial charge is 0.407 e. The molecule has 98 valence electrons. The Morgan fingerprint density at radius 1 is 1.18 bits per heavy atom. The average Bonchev–Trinajstić information content (AvgIpc) is 2.46. The highest BCUT2D eigenvalue weighted by atomic mass is 16.6. The largest absolute Gasteiger partial charge is 0.465 e. The molecule has 0 heterocycles. The standard InChI is InChI=1S/C11H20N2O4/c1-11(2,3)17-10(16)13-8-5-4-7(6-8)12-9(14)15/h7-8,12H,4-6H2,1-3H3,(H,13,16)(H,14,15)/t7-,8-/m0/s1. The van der Waals surface area contributed by atoms with Gasteiger partial charge in [-0.05, 0) is 40.0 Å². The number of carbonyl (C=O) groups is 2. The van der Waals surface area contributed by atoms with E-state index in [-0.39, 0.29) is 12.1 Å². The number of nitrogens with one attached hydrogen (secondary N) is 2. The summed E-state index contributed by atoms with van der Waals surface area (Å²) < 4.78 is 5.13. The van der Waals surface area contributed by atoms with Crippen molar-refractivity contribution >= 4 is 12.2 Å². The van der Waals surface area contributed by atoms with E-state index >= 15 is 0 Å². The highest BCUT2D eigenvalue weighted by Gasteiger charge is 2.28. The van der Waals surface area contributed by atoms with Crippen LogP contribution in [0.2, 0.25) is 0 Å². The number of carboxylic acid groups (broad SMARTS) is 1. The zero-order chi connectivity index (χ0) is 13.1. The van der Waals surface area contributed by atoms with Crippen molar-refractivity contribution in [2.45, 2.75) is 57.7 Å². The maximum Gasteiger partial charge on any atom is 0.407 e. The Balaban J connectivity index is 2.30. The molecule has 2 atom stereocenters. The van der Waals surface area contributed by atoms with Crippen LogP contribution in [0.25, 0.3) is 0 Å². The van der Waals surface area contributed by atoms with E-state index in [2.05, 4.69) is 10.6 Å². The molecule has 0 unspecified atom stereocenters. The molecule has 0 saturated heterocycles. The molecule has 1 aliphatic carbocycles. The molecule has 1 aliphatic rings. The SMILES string of the molecule is CC(C)(C)OC(=O)N[C@H]1CC[C@H](NC(=O)O)C1. The summed E-state index contributed by atoms with van der Waals surface area (Å²) in [5.74, 6) is 0. The lowest BCUT2D eigenvalue weighted by Gasteiger charge is -2.21. The molecule has 6 heteroatoms. The fourth-order valence-electron chi connectivity index (χ4n) is 1.89. The Kier molecular flexibility index (Phi) is 4.20. The fourth-order valence-corrected chi connectivity index (χ4v) is 1.89. The molecule has 3 N–H and O–H groups in total. The molecule has 0 spiro atoms. The molecule has 0 aliphatic heterocycles. The third kappa shape index (κ3) is 5.42. The molecular weight excluding hydrogens is 224 g/mol. The molecular formula is C11H20N2O4.